The first kappa shape index (κ1) is 12.7. The first-order valence-corrected chi connectivity index (χ1v) is 5.77. The minimum absolute atomic E-state index is 0.395. The van der Waals surface area contributed by atoms with Crippen molar-refractivity contribution in [2.24, 2.45) is 7.05 Å². The van der Waals surface area contributed by atoms with Gasteiger partial charge in [-0.05, 0) is 24.6 Å². The van der Waals surface area contributed by atoms with Crippen LogP contribution in [0.5, 0.6) is 0 Å². The number of aromatic nitrogens is 2. The average Bonchev–Trinajstić information content (AvgIpc) is 2.73. The monoisotopic (exact) mass is 251 g/mol. The topological polar surface area (TPSA) is 29.9 Å². The van der Waals surface area contributed by atoms with Crippen molar-refractivity contribution in [2.45, 2.75) is 13.0 Å². The van der Waals surface area contributed by atoms with Crippen molar-refractivity contribution in [2.75, 3.05) is 6.54 Å². The van der Waals surface area contributed by atoms with Gasteiger partial charge in [-0.1, -0.05) is 6.07 Å². The molecule has 18 heavy (non-hydrogen) atoms. The molecule has 0 aliphatic carbocycles. The summed E-state index contributed by atoms with van der Waals surface area (Å²) in [5.74, 6) is -1.06. The Labute approximate surface area is 104 Å². The molecule has 0 spiro atoms. The Morgan fingerprint density at radius 1 is 1.33 bits per heavy atom. The van der Waals surface area contributed by atoms with E-state index < -0.39 is 11.6 Å². The number of halogens is 2. The average molecular weight is 251 g/mol. The molecule has 0 bridgehead atoms. The fourth-order valence-corrected chi connectivity index (χ4v) is 1.72. The van der Waals surface area contributed by atoms with Crippen molar-refractivity contribution in [3.63, 3.8) is 0 Å². The summed E-state index contributed by atoms with van der Waals surface area (Å²) in [5, 5.41) is 7.18. The van der Waals surface area contributed by atoms with Crippen LogP contribution in [0.2, 0.25) is 0 Å². The van der Waals surface area contributed by atoms with Crippen LogP contribution in [-0.4, -0.2) is 16.3 Å². The molecule has 0 aliphatic heterocycles. The Kier molecular flexibility index (Phi) is 4.04. The number of benzene rings is 1. The third kappa shape index (κ3) is 3.37. The molecule has 3 nitrogen and oxygen atoms in total. The molecule has 1 heterocycles. The van der Waals surface area contributed by atoms with E-state index in [0.717, 1.165) is 24.6 Å². The molecule has 0 aliphatic rings. The maximum absolute atomic E-state index is 13.3. The number of hydrogen-bond donors (Lipinski definition) is 1. The second-order valence-corrected chi connectivity index (χ2v) is 4.18. The number of hydrogen-bond acceptors (Lipinski definition) is 2. The number of rotatable bonds is 5. The quantitative estimate of drug-likeness (QED) is 0.824. The predicted octanol–water partition coefficient (Wildman–Crippen LogP) is 2.03. The highest BCUT2D eigenvalue weighted by atomic mass is 19.1. The standard InChI is InChI=1S/C13H15F2N3/c1-18-9-10(7-17-18)4-5-16-8-11-2-3-12(14)6-13(11)15/h2-3,6-7,9,16H,4-5,8H2,1H3. The summed E-state index contributed by atoms with van der Waals surface area (Å²) in [6.07, 6.45) is 4.58. The van der Waals surface area contributed by atoms with Crippen molar-refractivity contribution < 1.29 is 8.78 Å². The van der Waals surface area contributed by atoms with E-state index in [1.165, 1.54) is 12.1 Å². The predicted molar refractivity (Wildman–Crippen MR) is 65.0 cm³/mol. The summed E-state index contributed by atoms with van der Waals surface area (Å²) in [6, 6.07) is 3.63. The molecular formula is C13H15F2N3. The molecule has 0 radical (unpaired) electrons. The summed E-state index contributed by atoms with van der Waals surface area (Å²) in [6.45, 7) is 1.12. The third-order valence-corrected chi connectivity index (χ3v) is 2.68. The van der Waals surface area contributed by atoms with E-state index >= 15 is 0 Å². The van der Waals surface area contributed by atoms with Gasteiger partial charge in [0.1, 0.15) is 11.6 Å². The molecule has 0 saturated heterocycles. The summed E-state index contributed by atoms with van der Waals surface area (Å²) < 4.78 is 27.7. The molecule has 1 N–H and O–H groups in total. The number of nitrogens with one attached hydrogen (secondary N) is 1. The summed E-state index contributed by atoms with van der Waals surface area (Å²) in [7, 11) is 1.87. The van der Waals surface area contributed by atoms with E-state index in [1.54, 1.807) is 10.9 Å². The summed E-state index contributed by atoms with van der Waals surface area (Å²) in [4.78, 5) is 0. The molecule has 1 aromatic heterocycles. The minimum atomic E-state index is -0.549. The second kappa shape index (κ2) is 5.73. The van der Waals surface area contributed by atoms with Crippen molar-refractivity contribution in [3.8, 4) is 0 Å². The highest BCUT2D eigenvalue weighted by Crippen LogP contribution is 2.09. The van der Waals surface area contributed by atoms with Crippen LogP contribution >= 0.6 is 0 Å². The van der Waals surface area contributed by atoms with Gasteiger partial charge in [0.05, 0.1) is 6.20 Å². The van der Waals surface area contributed by atoms with E-state index in [4.69, 9.17) is 0 Å². The molecule has 5 heteroatoms. The molecule has 0 unspecified atom stereocenters. The van der Waals surface area contributed by atoms with Gasteiger partial charge in [0.15, 0.2) is 0 Å². The van der Waals surface area contributed by atoms with Gasteiger partial charge in [-0.15, -0.1) is 0 Å². The van der Waals surface area contributed by atoms with Gasteiger partial charge in [-0.25, -0.2) is 8.78 Å². The highest BCUT2D eigenvalue weighted by Gasteiger charge is 2.03. The molecule has 0 atom stereocenters. The SMILES string of the molecule is Cn1cc(CCNCc2ccc(F)cc2F)cn1. The number of aryl methyl sites for hydroxylation is 1. The maximum Gasteiger partial charge on any atom is 0.130 e. The molecular weight excluding hydrogens is 236 g/mol. The smallest absolute Gasteiger partial charge is 0.130 e. The fraction of sp³-hybridized carbons (Fsp3) is 0.308. The van der Waals surface area contributed by atoms with Gasteiger partial charge >= 0.3 is 0 Å². The molecule has 0 saturated carbocycles. The Morgan fingerprint density at radius 2 is 2.17 bits per heavy atom. The number of nitrogens with zero attached hydrogens (tertiary/aromatic N) is 2. The Hall–Kier alpha value is -1.75. The summed E-state index contributed by atoms with van der Waals surface area (Å²) in [5.41, 5.74) is 1.60. The largest absolute Gasteiger partial charge is 0.312 e. The van der Waals surface area contributed by atoms with Gasteiger partial charge in [-0.3, -0.25) is 4.68 Å². The molecule has 0 fully saturated rings. The first-order chi connectivity index (χ1) is 8.65. The lowest BCUT2D eigenvalue weighted by Gasteiger charge is -2.05. The lowest BCUT2D eigenvalue weighted by molar-refractivity contribution is 0.560. The lowest BCUT2D eigenvalue weighted by Crippen LogP contribution is -2.17. The van der Waals surface area contributed by atoms with Crippen LogP contribution in [0.25, 0.3) is 0 Å². The molecule has 96 valence electrons. The Balaban J connectivity index is 1.78. The second-order valence-electron chi connectivity index (χ2n) is 4.18. The molecule has 0 amide bonds. The van der Waals surface area contributed by atoms with Gasteiger partial charge < -0.3 is 5.32 Å². The van der Waals surface area contributed by atoms with Gasteiger partial charge in [0.2, 0.25) is 0 Å². The van der Waals surface area contributed by atoms with Gasteiger partial charge in [0, 0.05) is 31.4 Å². The van der Waals surface area contributed by atoms with E-state index in [-0.39, 0.29) is 0 Å². The normalized spacial score (nSPS) is 10.8. The lowest BCUT2D eigenvalue weighted by atomic mass is 10.2. The van der Waals surface area contributed by atoms with Crippen LogP contribution in [-0.2, 0) is 20.0 Å². The molecule has 2 rings (SSSR count). The van der Waals surface area contributed by atoms with Crippen molar-refractivity contribution in [1.29, 1.82) is 0 Å². The first-order valence-electron chi connectivity index (χ1n) is 5.77. The van der Waals surface area contributed by atoms with E-state index in [0.29, 0.717) is 12.1 Å². The van der Waals surface area contributed by atoms with Crippen LogP contribution in [0.3, 0.4) is 0 Å². The Bertz CT molecular complexity index is 523. The van der Waals surface area contributed by atoms with Crippen molar-refractivity contribution >= 4 is 0 Å². The summed E-state index contributed by atoms with van der Waals surface area (Å²) >= 11 is 0. The zero-order valence-corrected chi connectivity index (χ0v) is 10.2. The maximum atomic E-state index is 13.3. The van der Waals surface area contributed by atoms with Gasteiger partial charge in [-0.2, -0.15) is 5.10 Å². The zero-order valence-electron chi connectivity index (χ0n) is 10.2. The fourth-order valence-electron chi connectivity index (χ4n) is 1.72. The van der Waals surface area contributed by atoms with Gasteiger partial charge in [0.25, 0.3) is 0 Å². The third-order valence-electron chi connectivity index (χ3n) is 2.68. The van der Waals surface area contributed by atoms with E-state index in [1.807, 2.05) is 13.2 Å². The minimum Gasteiger partial charge on any atom is -0.312 e. The van der Waals surface area contributed by atoms with Crippen LogP contribution < -0.4 is 5.32 Å². The van der Waals surface area contributed by atoms with Crippen LogP contribution in [0, 0.1) is 11.6 Å². The zero-order chi connectivity index (χ0) is 13.0. The Morgan fingerprint density at radius 3 is 2.83 bits per heavy atom. The van der Waals surface area contributed by atoms with Crippen molar-refractivity contribution in [3.05, 3.63) is 53.4 Å². The highest BCUT2D eigenvalue weighted by molar-refractivity contribution is 5.18. The molecule has 1 aromatic carbocycles. The molecule has 2 aromatic rings. The van der Waals surface area contributed by atoms with E-state index in [9.17, 15) is 8.78 Å². The van der Waals surface area contributed by atoms with Crippen LogP contribution in [0.4, 0.5) is 8.78 Å². The van der Waals surface area contributed by atoms with E-state index in [2.05, 4.69) is 10.4 Å². The van der Waals surface area contributed by atoms with Crippen LogP contribution in [0.15, 0.2) is 30.6 Å². The van der Waals surface area contributed by atoms with Crippen molar-refractivity contribution in [1.82, 2.24) is 15.1 Å². The van der Waals surface area contributed by atoms with Crippen LogP contribution in [0.1, 0.15) is 11.1 Å².